The second-order valence-corrected chi connectivity index (χ2v) is 10.7. The summed E-state index contributed by atoms with van der Waals surface area (Å²) >= 11 is 1.41. The number of carbonyl (C=O) groups excluding carboxylic acids is 1. The van der Waals surface area contributed by atoms with E-state index >= 15 is 0 Å². The molecule has 0 atom stereocenters. The van der Waals surface area contributed by atoms with Gasteiger partial charge in [-0.3, -0.25) is 14.7 Å². The van der Waals surface area contributed by atoms with E-state index in [9.17, 15) is 13.2 Å². The molecule has 0 aliphatic rings. The minimum absolute atomic E-state index is 0.0887. The summed E-state index contributed by atoms with van der Waals surface area (Å²) in [6.45, 7) is 2.74. The van der Waals surface area contributed by atoms with Crippen LogP contribution in [0, 0.1) is 0 Å². The van der Waals surface area contributed by atoms with Gasteiger partial charge >= 0.3 is 0 Å². The fraction of sp³-hybridized carbons (Fsp3) is 0.240. The fourth-order valence-electron chi connectivity index (χ4n) is 3.53. The number of sulfone groups is 1. The number of thiazole rings is 1. The van der Waals surface area contributed by atoms with Gasteiger partial charge in [0, 0.05) is 18.8 Å². The van der Waals surface area contributed by atoms with Crippen molar-refractivity contribution in [1.29, 1.82) is 0 Å². The fourth-order valence-corrected chi connectivity index (χ4v) is 5.86. The van der Waals surface area contributed by atoms with Crippen LogP contribution in [0.5, 0.6) is 5.75 Å². The Morgan fingerprint density at radius 2 is 1.79 bits per heavy atom. The first-order chi connectivity index (χ1) is 16.5. The number of aromatic nitrogens is 2. The molecular weight excluding hydrogens is 470 g/mol. The minimum atomic E-state index is -3.45. The Kier molecular flexibility index (Phi) is 7.54. The van der Waals surface area contributed by atoms with Gasteiger partial charge in [-0.15, -0.1) is 0 Å². The number of para-hydroxylation sites is 1. The highest BCUT2D eigenvalue weighted by Gasteiger charge is 2.22. The molecule has 7 nitrogen and oxygen atoms in total. The molecule has 2 heterocycles. The van der Waals surface area contributed by atoms with Crippen molar-refractivity contribution in [3.8, 4) is 5.75 Å². The summed E-state index contributed by atoms with van der Waals surface area (Å²) in [4.78, 5) is 24.0. The first kappa shape index (κ1) is 23.8. The van der Waals surface area contributed by atoms with Gasteiger partial charge < -0.3 is 4.74 Å². The van der Waals surface area contributed by atoms with Crippen LogP contribution in [0.3, 0.4) is 0 Å². The molecule has 1 amide bonds. The van der Waals surface area contributed by atoms with E-state index in [0.717, 1.165) is 10.3 Å². The summed E-state index contributed by atoms with van der Waals surface area (Å²) in [5.41, 5.74) is 1.62. The lowest BCUT2D eigenvalue weighted by Gasteiger charge is -2.20. The molecule has 4 aromatic rings. The number of hydrogen-bond donors (Lipinski definition) is 0. The largest absolute Gasteiger partial charge is 0.492 e. The molecule has 0 saturated heterocycles. The molecule has 0 unspecified atom stereocenters. The molecule has 0 N–H and O–H groups in total. The zero-order valence-corrected chi connectivity index (χ0v) is 20.4. The molecule has 0 bridgehead atoms. The number of nitrogens with zero attached hydrogens (tertiary/aromatic N) is 3. The van der Waals surface area contributed by atoms with E-state index in [1.807, 2.05) is 37.3 Å². The summed E-state index contributed by atoms with van der Waals surface area (Å²) in [7, 11) is -3.45. The van der Waals surface area contributed by atoms with Gasteiger partial charge in [0.2, 0.25) is 5.91 Å². The van der Waals surface area contributed by atoms with Crippen molar-refractivity contribution in [2.24, 2.45) is 0 Å². The van der Waals surface area contributed by atoms with E-state index in [4.69, 9.17) is 9.72 Å². The van der Waals surface area contributed by atoms with Crippen LogP contribution in [0.4, 0.5) is 5.13 Å². The maximum absolute atomic E-state index is 13.3. The Hall–Kier alpha value is -3.30. The van der Waals surface area contributed by atoms with E-state index in [0.29, 0.717) is 29.5 Å². The molecule has 9 heteroatoms. The lowest BCUT2D eigenvalue weighted by atomic mass is 10.2. The SMILES string of the molecule is CCOc1cccc2sc(N(Cc3ccncc3)C(=O)CCCS(=O)(=O)c3ccccc3)nc12. The number of fused-ring (bicyclic) bond motifs is 1. The molecular formula is C25H25N3O4S2. The van der Waals surface area contributed by atoms with Gasteiger partial charge in [-0.2, -0.15) is 0 Å². The van der Waals surface area contributed by atoms with Crippen LogP contribution in [0.2, 0.25) is 0 Å². The van der Waals surface area contributed by atoms with E-state index in [1.54, 1.807) is 47.6 Å². The average molecular weight is 496 g/mol. The zero-order chi connectivity index (χ0) is 24.0. The third-order valence-electron chi connectivity index (χ3n) is 5.20. The van der Waals surface area contributed by atoms with Crippen LogP contribution in [0.1, 0.15) is 25.3 Å². The number of hydrogen-bond acceptors (Lipinski definition) is 7. The van der Waals surface area contributed by atoms with Crippen molar-refractivity contribution in [3.63, 3.8) is 0 Å². The van der Waals surface area contributed by atoms with Gasteiger partial charge in [-0.25, -0.2) is 13.4 Å². The van der Waals surface area contributed by atoms with Crippen LogP contribution >= 0.6 is 11.3 Å². The molecule has 0 aliphatic carbocycles. The lowest BCUT2D eigenvalue weighted by molar-refractivity contribution is -0.118. The van der Waals surface area contributed by atoms with Gasteiger partial charge in [0.1, 0.15) is 11.3 Å². The number of carbonyl (C=O) groups is 1. The molecule has 2 aromatic heterocycles. The molecule has 0 aliphatic heterocycles. The smallest absolute Gasteiger partial charge is 0.229 e. The molecule has 0 saturated carbocycles. The van der Waals surface area contributed by atoms with Crippen molar-refractivity contribution >= 4 is 42.4 Å². The molecule has 176 valence electrons. The number of ether oxygens (including phenoxy) is 1. The van der Waals surface area contributed by atoms with Crippen molar-refractivity contribution in [3.05, 3.63) is 78.6 Å². The topological polar surface area (TPSA) is 89.5 Å². The number of amides is 1. The van der Waals surface area contributed by atoms with Crippen LogP contribution in [-0.4, -0.2) is 36.7 Å². The second-order valence-electron chi connectivity index (χ2n) is 7.60. The Balaban J connectivity index is 1.56. The van der Waals surface area contributed by atoms with E-state index < -0.39 is 9.84 Å². The highest BCUT2D eigenvalue weighted by molar-refractivity contribution is 7.91. The van der Waals surface area contributed by atoms with Crippen LogP contribution in [0.15, 0.2) is 78.0 Å². The Bertz CT molecular complexity index is 1360. The van der Waals surface area contributed by atoms with Gasteiger partial charge in [0.05, 0.1) is 28.5 Å². The Labute approximate surface area is 203 Å². The van der Waals surface area contributed by atoms with Crippen molar-refractivity contribution in [2.75, 3.05) is 17.3 Å². The van der Waals surface area contributed by atoms with Crippen LogP contribution in [0.25, 0.3) is 10.2 Å². The maximum Gasteiger partial charge on any atom is 0.229 e. The second kappa shape index (κ2) is 10.8. The number of benzene rings is 2. The monoisotopic (exact) mass is 495 g/mol. The van der Waals surface area contributed by atoms with Crippen molar-refractivity contribution in [1.82, 2.24) is 9.97 Å². The average Bonchev–Trinajstić information content (AvgIpc) is 3.29. The third kappa shape index (κ3) is 5.60. The Morgan fingerprint density at radius 3 is 2.53 bits per heavy atom. The van der Waals surface area contributed by atoms with Gasteiger partial charge in [0.25, 0.3) is 0 Å². The van der Waals surface area contributed by atoms with Gasteiger partial charge in [-0.1, -0.05) is 35.6 Å². The third-order valence-corrected chi connectivity index (χ3v) is 8.06. The molecule has 0 fully saturated rings. The minimum Gasteiger partial charge on any atom is -0.492 e. The predicted octanol–water partition coefficient (Wildman–Crippen LogP) is 4.88. The summed E-state index contributed by atoms with van der Waals surface area (Å²) in [5, 5.41) is 0.551. The predicted molar refractivity (Wildman–Crippen MR) is 134 cm³/mol. The van der Waals surface area contributed by atoms with E-state index in [-0.39, 0.29) is 29.4 Å². The maximum atomic E-state index is 13.3. The van der Waals surface area contributed by atoms with Crippen molar-refractivity contribution < 1.29 is 17.9 Å². The first-order valence-corrected chi connectivity index (χ1v) is 13.4. The summed E-state index contributed by atoms with van der Waals surface area (Å²) in [5.74, 6) is 0.394. The van der Waals surface area contributed by atoms with Gasteiger partial charge in [-0.05, 0) is 55.3 Å². The molecule has 0 radical (unpaired) electrons. The van der Waals surface area contributed by atoms with Gasteiger partial charge in [0.15, 0.2) is 15.0 Å². The molecule has 4 rings (SSSR count). The highest BCUT2D eigenvalue weighted by atomic mass is 32.2. The molecule has 0 spiro atoms. The number of anilines is 1. The lowest BCUT2D eigenvalue weighted by Crippen LogP contribution is -2.30. The summed E-state index contributed by atoms with van der Waals surface area (Å²) in [6, 6.07) is 17.7. The molecule has 2 aromatic carbocycles. The standard InChI is InChI=1S/C25H25N3O4S2/c1-2-32-21-10-6-11-22-24(21)27-25(33-22)28(18-19-13-15-26-16-14-19)23(29)12-7-17-34(30,31)20-8-4-3-5-9-20/h3-6,8-11,13-16H,2,7,12,17-18H2,1H3. The number of pyridine rings is 1. The van der Waals surface area contributed by atoms with Crippen LogP contribution in [-0.2, 0) is 21.2 Å². The normalized spacial score (nSPS) is 11.4. The summed E-state index contributed by atoms with van der Waals surface area (Å²) in [6.07, 6.45) is 3.66. The highest BCUT2D eigenvalue weighted by Crippen LogP contribution is 2.35. The quantitative estimate of drug-likeness (QED) is 0.312. The summed E-state index contributed by atoms with van der Waals surface area (Å²) < 4.78 is 31.8. The number of rotatable bonds is 10. The van der Waals surface area contributed by atoms with E-state index in [1.165, 1.54) is 11.3 Å². The van der Waals surface area contributed by atoms with Crippen LogP contribution < -0.4 is 9.64 Å². The molecule has 34 heavy (non-hydrogen) atoms. The Morgan fingerprint density at radius 1 is 1.03 bits per heavy atom. The van der Waals surface area contributed by atoms with Crippen molar-refractivity contribution in [2.45, 2.75) is 31.2 Å². The first-order valence-electron chi connectivity index (χ1n) is 11.0. The van der Waals surface area contributed by atoms with E-state index in [2.05, 4.69) is 4.98 Å². The zero-order valence-electron chi connectivity index (χ0n) is 18.8.